The van der Waals surface area contributed by atoms with Gasteiger partial charge in [-0.25, -0.2) is 9.78 Å². The molecule has 2 aromatic rings. The summed E-state index contributed by atoms with van der Waals surface area (Å²) < 4.78 is 6.35. The van der Waals surface area contributed by atoms with Crippen LogP contribution in [0.1, 0.15) is 23.1 Å². The highest BCUT2D eigenvalue weighted by Gasteiger charge is 2.13. The quantitative estimate of drug-likeness (QED) is 0.821. The van der Waals surface area contributed by atoms with Crippen molar-refractivity contribution in [2.24, 2.45) is 7.05 Å². The summed E-state index contributed by atoms with van der Waals surface area (Å²) in [6.45, 7) is 2.01. The Morgan fingerprint density at radius 1 is 1.50 bits per heavy atom. The van der Waals surface area contributed by atoms with Gasteiger partial charge in [-0.2, -0.15) is 5.10 Å². The van der Waals surface area contributed by atoms with E-state index in [-0.39, 0.29) is 5.69 Å². The summed E-state index contributed by atoms with van der Waals surface area (Å²) in [7, 11) is 3.15. The summed E-state index contributed by atoms with van der Waals surface area (Å²) in [6.07, 6.45) is 2.62. The van der Waals surface area contributed by atoms with Crippen LogP contribution in [-0.2, 0) is 18.2 Å². The molecule has 2 heterocycles. The summed E-state index contributed by atoms with van der Waals surface area (Å²) in [4.78, 5) is 15.7. The average Bonchev–Trinajstić information content (AvgIpc) is 2.80. The van der Waals surface area contributed by atoms with E-state index < -0.39 is 5.97 Å². The van der Waals surface area contributed by atoms with Crippen molar-refractivity contribution in [2.45, 2.75) is 13.3 Å². The number of nitrogens with one attached hydrogen (secondary N) is 1. The van der Waals surface area contributed by atoms with Gasteiger partial charge in [-0.05, 0) is 18.6 Å². The van der Waals surface area contributed by atoms with E-state index in [1.807, 2.05) is 20.2 Å². The molecule has 3 N–H and O–H groups in total. The molecule has 0 aliphatic rings. The predicted octanol–water partition coefficient (Wildman–Crippen LogP) is 1.49. The largest absolute Gasteiger partial charge is 0.464 e. The maximum Gasteiger partial charge on any atom is 0.356 e. The molecule has 0 aromatic carbocycles. The van der Waals surface area contributed by atoms with Gasteiger partial charge in [-0.1, -0.05) is 6.92 Å². The number of rotatable bonds is 4. The number of aromatic nitrogens is 3. The van der Waals surface area contributed by atoms with Crippen LogP contribution in [0.3, 0.4) is 0 Å². The zero-order valence-corrected chi connectivity index (χ0v) is 11.7. The number of aryl methyl sites for hydroxylation is 2. The summed E-state index contributed by atoms with van der Waals surface area (Å²) in [6, 6.07) is 3.14. The van der Waals surface area contributed by atoms with Gasteiger partial charge < -0.3 is 15.8 Å². The van der Waals surface area contributed by atoms with Crippen LogP contribution in [0.5, 0.6) is 0 Å². The van der Waals surface area contributed by atoms with E-state index >= 15 is 0 Å². The Hall–Kier alpha value is -2.57. The topological polar surface area (TPSA) is 95.1 Å². The minimum absolute atomic E-state index is 0.200. The van der Waals surface area contributed by atoms with Crippen molar-refractivity contribution in [3.8, 4) is 0 Å². The van der Waals surface area contributed by atoms with Crippen molar-refractivity contribution < 1.29 is 9.53 Å². The van der Waals surface area contributed by atoms with E-state index in [0.29, 0.717) is 11.5 Å². The molecule has 2 aromatic heterocycles. The van der Waals surface area contributed by atoms with Crippen LogP contribution >= 0.6 is 0 Å². The molecule has 0 aliphatic heterocycles. The molecular formula is C13H17N5O2. The van der Waals surface area contributed by atoms with E-state index in [2.05, 4.69) is 20.1 Å². The van der Waals surface area contributed by atoms with Gasteiger partial charge in [0, 0.05) is 13.2 Å². The molecule has 7 heteroatoms. The fourth-order valence-electron chi connectivity index (χ4n) is 1.82. The number of esters is 1. The van der Waals surface area contributed by atoms with Gasteiger partial charge in [0.1, 0.15) is 0 Å². The smallest absolute Gasteiger partial charge is 0.356 e. The number of hydrogen-bond donors (Lipinski definition) is 2. The van der Waals surface area contributed by atoms with Crippen LogP contribution in [0.15, 0.2) is 18.3 Å². The van der Waals surface area contributed by atoms with Gasteiger partial charge >= 0.3 is 5.97 Å². The number of nitrogens with zero attached hydrogens (tertiary/aromatic N) is 3. The molecule has 0 saturated carbocycles. The van der Waals surface area contributed by atoms with Crippen molar-refractivity contribution >= 4 is 23.2 Å². The fraction of sp³-hybridized carbons (Fsp3) is 0.308. The monoisotopic (exact) mass is 275 g/mol. The number of carbonyl (C=O) groups excluding carboxylic acids is 1. The number of pyridine rings is 1. The lowest BCUT2D eigenvalue weighted by Crippen LogP contribution is -2.08. The lowest BCUT2D eigenvalue weighted by molar-refractivity contribution is 0.0594. The number of nitrogens with two attached hydrogens (primary N) is 1. The molecule has 20 heavy (non-hydrogen) atoms. The van der Waals surface area contributed by atoms with Crippen molar-refractivity contribution in [3.63, 3.8) is 0 Å². The van der Waals surface area contributed by atoms with Gasteiger partial charge in [0.25, 0.3) is 0 Å². The normalized spacial score (nSPS) is 10.3. The molecule has 0 spiro atoms. The molecule has 7 nitrogen and oxygen atoms in total. The minimum Gasteiger partial charge on any atom is -0.464 e. The Labute approximate surface area is 116 Å². The highest BCUT2D eigenvalue weighted by atomic mass is 16.5. The Kier molecular flexibility index (Phi) is 3.88. The molecule has 2 rings (SSSR count). The van der Waals surface area contributed by atoms with E-state index in [1.54, 1.807) is 10.7 Å². The molecule has 0 saturated heterocycles. The summed E-state index contributed by atoms with van der Waals surface area (Å²) in [5.74, 6) is -0.0921. The van der Waals surface area contributed by atoms with Gasteiger partial charge in [0.05, 0.1) is 24.2 Å². The van der Waals surface area contributed by atoms with Crippen molar-refractivity contribution in [3.05, 3.63) is 29.7 Å². The van der Waals surface area contributed by atoms with Gasteiger partial charge in [-0.15, -0.1) is 0 Å². The van der Waals surface area contributed by atoms with Crippen LogP contribution in [0.25, 0.3) is 0 Å². The number of hydrogen-bond acceptors (Lipinski definition) is 6. The Morgan fingerprint density at radius 2 is 2.25 bits per heavy atom. The highest BCUT2D eigenvalue weighted by Crippen LogP contribution is 2.23. The number of nitrogen functional groups attached to an aromatic ring is 1. The molecule has 0 atom stereocenters. The number of carbonyl (C=O) groups is 1. The first kappa shape index (κ1) is 13.9. The molecule has 0 amide bonds. The van der Waals surface area contributed by atoms with Gasteiger partial charge in [-0.3, -0.25) is 4.68 Å². The van der Waals surface area contributed by atoms with Crippen molar-refractivity contribution in [1.29, 1.82) is 0 Å². The number of methoxy groups -OCH3 is 1. The third-order valence-electron chi connectivity index (χ3n) is 2.81. The van der Waals surface area contributed by atoms with Crippen LogP contribution in [0.4, 0.5) is 17.2 Å². The van der Waals surface area contributed by atoms with Crippen LogP contribution in [0, 0.1) is 0 Å². The minimum atomic E-state index is -0.505. The molecule has 0 radical (unpaired) electrons. The predicted molar refractivity (Wildman–Crippen MR) is 75.9 cm³/mol. The standard InChI is InChI=1S/C13H17N5O2/c1-4-9-11(7-18(2)17-9)16-12-8(14)5-6-10(15-12)13(19)20-3/h5-7H,4,14H2,1-3H3,(H,15,16). The Bertz CT molecular complexity index is 636. The zero-order chi connectivity index (χ0) is 14.7. The first-order valence-electron chi connectivity index (χ1n) is 6.19. The van der Waals surface area contributed by atoms with Crippen molar-refractivity contribution in [2.75, 3.05) is 18.2 Å². The summed E-state index contributed by atoms with van der Waals surface area (Å²) >= 11 is 0. The molecule has 106 valence electrons. The van der Waals surface area contributed by atoms with Crippen LogP contribution in [-0.4, -0.2) is 27.8 Å². The van der Waals surface area contributed by atoms with E-state index in [1.165, 1.54) is 13.2 Å². The first-order chi connectivity index (χ1) is 9.55. The molecule has 0 aliphatic carbocycles. The molecule has 0 unspecified atom stereocenters. The van der Waals surface area contributed by atoms with E-state index in [9.17, 15) is 4.79 Å². The number of anilines is 3. The summed E-state index contributed by atoms with van der Waals surface area (Å²) in [5, 5.41) is 7.43. The highest BCUT2D eigenvalue weighted by molar-refractivity contribution is 5.88. The zero-order valence-electron chi connectivity index (χ0n) is 11.7. The van der Waals surface area contributed by atoms with Crippen LogP contribution < -0.4 is 11.1 Å². The fourth-order valence-corrected chi connectivity index (χ4v) is 1.82. The average molecular weight is 275 g/mol. The second kappa shape index (κ2) is 5.60. The third kappa shape index (κ3) is 2.71. The van der Waals surface area contributed by atoms with Crippen LogP contribution in [0.2, 0.25) is 0 Å². The first-order valence-corrected chi connectivity index (χ1v) is 6.19. The maximum absolute atomic E-state index is 11.5. The lowest BCUT2D eigenvalue weighted by Gasteiger charge is -2.09. The lowest BCUT2D eigenvalue weighted by atomic mass is 10.2. The molecular weight excluding hydrogens is 258 g/mol. The Balaban J connectivity index is 2.34. The molecule has 0 fully saturated rings. The SMILES string of the molecule is CCc1nn(C)cc1Nc1nc(C(=O)OC)ccc1N. The van der Waals surface area contributed by atoms with E-state index in [0.717, 1.165) is 17.8 Å². The molecule has 0 bridgehead atoms. The van der Waals surface area contributed by atoms with Gasteiger partial charge in [0.2, 0.25) is 0 Å². The number of ether oxygens (including phenoxy) is 1. The van der Waals surface area contributed by atoms with E-state index in [4.69, 9.17) is 5.73 Å². The second-order valence-corrected chi connectivity index (χ2v) is 4.27. The van der Waals surface area contributed by atoms with Gasteiger partial charge in [0.15, 0.2) is 11.5 Å². The third-order valence-corrected chi connectivity index (χ3v) is 2.81. The second-order valence-electron chi connectivity index (χ2n) is 4.27. The Morgan fingerprint density at radius 3 is 2.90 bits per heavy atom. The summed E-state index contributed by atoms with van der Waals surface area (Å²) in [5.41, 5.74) is 8.24. The van der Waals surface area contributed by atoms with Crippen molar-refractivity contribution in [1.82, 2.24) is 14.8 Å². The maximum atomic E-state index is 11.5.